The highest BCUT2D eigenvalue weighted by Crippen LogP contribution is 2.26. The fraction of sp³-hybridized carbons (Fsp3) is 0.294. The molecule has 2 heterocycles. The van der Waals surface area contributed by atoms with Gasteiger partial charge in [0.2, 0.25) is 11.1 Å². The summed E-state index contributed by atoms with van der Waals surface area (Å²) in [5, 5.41) is 15.7. The number of nitrogens with two attached hydrogens (primary N) is 1. The maximum atomic E-state index is 12.3. The molecule has 0 saturated carbocycles. The summed E-state index contributed by atoms with van der Waals surface area (Å²) in [6.07, 6.45) is 0. The lowest BCUT2D eigenvalue weighted by Crippen LogP contribution is -2.19. The van der Waals surface area contributed by atoms with Gasteiger partial charge in [0, 0.05) is 5.69 Å². The summed E-state index contributed by atoms with van der Waals surface area (Å²) >= 11 is 1.19. The standard InChI is InChI=1S/C17H21N7O2S/c1-10-5-6-14(26-4)13(7-10)19-15(25)9-27-17-21-20-16(23(17)18)24-12(3)8-11(2)22-24/h5-8H,9,18H2,1-4H3,(H,19,25). The van der Waals surface area contributed by atoms with Gasteiger partial charge < -0.3 is 15.9 Å². The van der Waals surface area contributed by atoms with Crippen molar-refractivity contribution in [2.45, 2.75) is 25.9 Å². The molecule has 9 nitrogen and oxygen atoms in total. The number of aryl methyl sites for hydroxylation is 3. The first-order valence-corrected chi connectivity index (χ1v) is 9.19. The molecule has 1 amide bonds. The Balaban J connectivity index is 1.68. The minimum atomic E-state index is -0.195. The highest BCUT2D eigenvalue weighted by molar-refractivity contribution is 7.99. The van der Waals surface area contributed by atoms with E-state index >= 15 is 0 Å². The lowest BCUT2D eigenvalue weighted by atomic mass is 10.2. The SMILES string of the molecule is COc1ccc(C)cc1NC(=O)CSc1nnc(-n2nc(C)cc2C)n1N. The molecule has 0 spiro atoms. The number of carbonyl (C=O) groups excluding carboxylic acids is 1. The number of ether oxygens (including phenoxy) is 1. The molecular weight excluding hydrogens is 366 g/mol. The number of hydrogen-bond donors (Lipinski definition) is 2. The van der Waals surface area contributed by atoms with E-state index in [-0.39, 0.29) is 11.7 Å². The van der Waals surface area contributed by atoms with Crippen LogP contribution in [0.4, 0.5) is 5.69 Å². The second-order valence-electron chi connectivity index (χ2n) is 6.03. The molecule has 0 unspecified atom stereocenters. The van der Waals surface area contributed by atoms with E-state index in [4.69, 9.17) is 10.6 Å². The Morgan fingerprint density at radius 1 is 1.26 bits per heavy atom. The fourth-order valence-electron chi connectivity index (χ4n) is 2.58. The van der Waals surface area contributed by atoms with Crippen LogP contribution in [0.2, 0.25) is 0 Å². The van der Waals surface area contributed by atoms with Gasteiger partial charge in [0.05, 0.1) is 24.2 Å². The monoisotopic (exact) mass is 387 g/mol. The molecule has 1 aromatic carbocycles. The average Bonchev–Trinajstić information content (AvgIpc) is 3.14. The van der Waals surface area contributed by atoms with Gasteiger partial charge in [-0.2, -0.15) is 5.10 Å². The second-order valence-corrected chi connectivity index (χ2v) is 6.97. The van der Waals surface area contributed by atoms with Crippen LogP contribution in [0, 0.1) is 20.8 Å². The van der Waals surface area contributed by atoms with Gasteiger partial charge in [-0.15, -0.1) is 10.2 Å². The third-order valence-electron chi connectivity index (χ3n) is 3.81. The number of nitrogens with one attached hydrogen (secondary N) is 1. The zero-order chi connectivity index (χ0) is 19.6. The summed E-state index contributed by atoms with van der Waals surface area (Å²) in [6, 6.07) is 7.51. The molecule has 0 saturated heterocycles. The Bertz CT molecular complexity index is 980. The zero-order valence-corrected chi connectivity index (χ0v) is 16.4. The Kier molecular flexibility index (Phi) is 5.36. The van der Waals surface area contributed by atoms with Crippen LogP contribution in [0.25, 0.3) is 5.95 Å². The van der Waals surface area contributed by atoms with Gasteiger partial charge >= 0.3 is 0 Å². The Labute approximate surface area is 160 Å². The van der Waals surface area contributed by atoms with E-state index < -0.39 is 0 Å². The highest BCUT2D eigenvalue weighted by atomic mass is 32.2. The third-order valence-corrected chi connectivity index (χ3v) is 4.75. The molecule has 3 N–H and O–H groups in total. The third kappa shape index (κ3) is 4.05. The zero-order valence-electron chi connectivity index (χ0n) is 15.6. The number of benzene rings is 1. The van der Waals surface area contributed by atoms with Crippen LogP contribution in [-0.4, -0.2) is 43.4 Å². The maximum Gasteiger partial charge on any atom is 0.271 e. The summed E-state index contributed by atoms with van der Waals surface area (Å²) in [5.74, 6) is 7.01. The van der Waals surface area contributed by atoms with Crippen LogP contribution >= 0.6 is 11.8 Å². The lowest BCUT2D eigenvalue weighted by Gasteiger charge is -2.10. The van der Waals surface area contributed by atoms with E-state index in [2.05, 4.69) is 20.6 Å². The first-order chi connectivity index (χ1) is 12.9. The topological polar surface area (TPSA) is 113 Å². The summed E-state index contributed by atoms with van der Waals surface area (Å²) in [7, 11) is 1.56. The molecular formula is C17H21N7O2S. The molecule has 0 aliphatic rings. The minimum Gasteiger partial charge on any atom is -0.495 e. The summed E-state index contributed by atoms with van der Waals surface area (Å²) in [5.41, 5.74) is 3.40. The van der Waals surface area contributed by atoms with Crippen molar-refractivity contribution in [3.8, 4) is 11.7 Å². The molecule has 27 heavy (non-hydrogen) atoms. The summed E-state index contributed by atoms with van der Waals surface area (Å²) in [4.78, 5) is 12.3. The summed E-state index contributed by atoms with van der Waals surface area (Å²) < 4.78 is 8.21. The van der Waals surface area contributed by atoms with E-state index in [0.717, 1.165) is 17.0 Å². The van der Waals surface area contributed by atoms with Gasteiger partial charge in [-0.25, -0.2) is 9.36 Å². The molecule has 2 aromatic heterocycles. The van der Waals surface area contributed by atoms with Crippen LogP contribution in [0.1, 0.15) is 17.0 Å². The largest absolute Gasteiger partial charge is 0.495 e. The van der Waals surface area contributed by atoms with E-state index in [1.165, 1.54) is 16.4 Å². The molecule has 0 atom stereocenters. The van der Waals surface area contributed by atoms with Crippen molar-refractivity contribution in [1.82, 2.24) is 24.7 Å². The number of nitrogens with zero attached hydrogens (tertiary/aromatic N) is 5. The van der Waals surface area contributed by atoms with Crippen LogP contribution in [0.5, 0.6) is 5.75 Å². The number of nitrogen functional groups attached to an aromatic ring is 1. The number of thioether (sulfide) groups is 1. The number of amides is 1. The number of methoxy groups -OCH3 is 1. The van der Waals surface area contributed by atoms with E-state index in [9.17, 15) is 4.79 Å². The van der Waals surface area contributed by atoms with E-state index in [0.29, 0.717) is 22.5 Å². The smallest absolute Gasteiger partial charge is 0.271 e. The van der Waals surface area contributed by atoms with Crippen molar-refractivity contribution >= 4 is 23.4 Å². The van der Waals surface area contributed by atoms with Crippen molar-refractivity contribution < 1.29 is 9.53 Å². The predicted octanol–water partition coefficient (Wildman–Crippen LogP) is 1.84. The van der Waals surface area contributed by atoms with Crippen LogP contribution in [0.3, 0.4) is 0 Å². The lowest BCUT2D eigenvalue weighted by molar-refractivity contribution is -0.113. The number of carbonyl (C=O) groups is 1. The van der Waals surface area contributed by atoms with Crippen LogP contribution in [-0.2, 0) is 4.79 Å². The first-order valence-electron chi connectivity index (χ1n) is 8.20. The van der Waals surface area contributed by atoms with Crippen LogP contribution < -0.4 is 15.9 Å². The van der Waals surface area contributed by atoms with Gasteiger partial charge in [-0.3, -0.25) is 4.79 Å². The number of aromatic nitrogens is 5. The molecule has 3 aromatic rings. The molecule has 0 aliphatic carbocycles. The molecule has 0 bridgehead atoms. The minimum absolute atomic E-state index is 0.129. The molecule has 0 aliphatic heterocycles. The number of anilines is 1. The van der Waals surface area contributed by atoms with Crippen molar-refractivity contribution in [3.63, 3.8) is 0 Å². The van der Waals surface area contributed by atoms with Gasteiger partial charge in [-0.05, 0) is 44.5 Å². The maximum absolute atomic E-state index is 12.3. The van der Waals surface area contributed by atoms with Crippen LogP contribution in [0.15, 0.2) is 29.4 Å². The first kappa shape index (κ1) is 18.8. The fourth-order valence-corrected chi connectivity index (χ4v) is 3.23. The highest BCUT2D eigenvalue weighted by Gasteiger charge is 2.16. The molecule has 0 fully saturated rings. The number of rotatable bonds is 6. The van der Waals surface area contributed by atoms with Gasteiger partial charge in [-0.1, -0.05) is 17.8 Å². The number of hydrogen-bond acceptors (Lipinski definition) is 7. The van der Waals surface area contributed by atoms with Crippen molar-refractivity contribution in [3.05, 3.63) is 41.2 Å². The van der Waals surface area contributed by atoms with E-state index in [1.54, 1.807) is 11.8 Å². The summed E-state index contributed by atoms with van der Waals surface area (Å²) in [6.45, 7) is 5.74. The van der Waals surface area contributed by atoms with Gasteiger partial charge in [0.15, 0.2) is 0 Å². The molecule has 142 valence electrons. The Morgan fingerprint density at radius 2 is 2.04 bits per heavy atom. The van der Waals surface area contributed by atoms with Crippen molar-refractivity contribution in [2.75, 3.05) is 24.0 Å². The Hall–Kier alpha value is -3.01. The molecule has 3 rings (SSSR count). The predicted molar refractivity (Wildman–Crippen MR) is 104 cm³/mol. The Morgan fingerprint density at radius 3 is 2.70 bits per heavy atom. The quantitative estimate of drug-likeness (QED) is 0.490. The van der Waals surface area contributed by atoms with Gasteiger partial charge in [0.1, 0.15) is 5.75 Å². The average molecular weight is 387 g/mol. The van der Waals surface area contributed by atoms with Crippen molar-refractivity contribution in [1.29, 1.82) is 0 Å². The van der Waals surface area contributed by atoms with E-state index in [1.807, 2.05) is 45.0 Å². The molecule has 10 heteroatoms. The molecule has 0 radical (unpaired) electrons. The second kappa shape index (κ2) is 7.70. The normalized spacial score (nSPS) is 10.8. The van der Waals surface area contributed by atoms with Crippen molar-refractivity contribution in [2.24, 2.45) is 0 Å². The van der Waals surface area contributed by atoms with Gasteiger partial charge in [0.25, 0.3) is 5.95 Å².